The number of benzene rings is 1. The normalized spacial score (nSPS) is 35.8. The van der Waals surface area contributed by atoms with Gasteiger partial charge < -0.3 is 9.47 Å². The number of hydrogen-bond acceptors (Lipinski definition) is 4. The van der Waals surface area contributed by atoms with Gasteiger partial charge in [-0.1, -0.05) is 49.9 Å². The highest BCUT2D eigenvalue weighted by molar-refractivity contribution is 5.83. The Kier molecular flexibility index (Phi) is 8.03. The Balaban J connectivity index is 1.05. The number of hydrogen-bond donors (Lipinski definition) is 0. The molecule has 4 fully saturated rings. The van der Waals surface area contributed by atoms with Gasteiger partial charge >= 0.3 is 0 Å². The zero-order chi connectivity index (χ0) is 25.2. The fourth-order valence-corrected chi connectivity index (χ4v) is 7.81. The molecule has 1 aromatic rings. The van der Waals surface area contributed by atoms with Crippen LogP contribution in [0.25, 0.3) is 0 Å². The molecule has 0 unspecified atom stereocenters. The van der Waals surface area contributed by atoms with Gasteiger partial charge in [0.25, 0.3) is 0 Å². The summed E-state index contributed by atoms with van der Waals surface area (Å²) in [6.45, 7) is 4.86. The number of fused-ring (bicyclic) bond motifs is 4. The first-order valence-corrected chi connectivity index (χ1v) is 14.7. The van der Waals surface area contributed by atoms with Gasteiger partial charge in [-0.25, -0.2) is 0 Å². The van der Waals surface area contributed by atoms with Crippen LogP contribution in [0.4, 0.5) is 0 Å². The topological polar surface area (TPSA) is 52.6 Å². The average Bonchev–Trinajstić information content (AvgIpc) is 2.89. The molecular formula is C32H46O4. The first kappa shape index (κ1) is 26.1. The summed E-state index contributed by atoms with van der Waals surface area (Å²) in [6, 6.07) is 7.94. The second-order valence-electron chi connectivity index (χ2n) is 13.0. The smallest absolute Gasteiger partial charge is 0.162 e. The predicted molar refractivity (Wildman–Crippen MR) is 142 cm³/mol. The molecule has 4 bridgehead atoms. The number of ether oxygens (including phenoxy) is 2. The van der Waals surface area contributed by atoms with Crippen LogP contribution in [-0.4, -0.2) is 36.0 Å². The van der Waals surface area contributed by atoms with E-state index in [0.29, 0.717) is 24.7 Å². The molecule has 0 aromatic heterocycles. The van der Waals surface area contributed by atoms with E-state index >= 15 is 0 Å². The molecule has 36 heavy (non-hydrogen) atoms. The SMILES string of the molecule is C[C@@]1(OCC(=O)Cc2ccc(CC(=O)CO[C@]3(C)CC[C@@H]4CCC[C@H]3C4)cc2)CC[C@@H]2CCC[C@H]1C2. The van der Waals surface area contributed by atoms with Crippen molar-refractivity contribution >= 4 is 11.6 Å². The van der Waals surface area contributed by atoms with Crippen molar-refractivity contribution in [3.05, 3.63) is 35.4 Å². The monoisotopic (exact) mass is 494 g/mol. The summed E-state index contributed by atoms with van der Waals surface area (Å²) in [7, 11) is 0. The lowest BCUT2D eigenvalue weighted by Crippen LogP contribution is -2.45. The molecule has 6 atom stereocenters. The number of ketones is 2. The van der Waals surface area contributed by atoms with E-state index in [-0.39, 0.29) is 36.0 Å². The van der Waals surface area contributed by atoms with Crippen LogP contribution in [0.2, 0.25) is 0 Å². The highest BCUT2D eigenvalue weighted by Gasteiger charge is 2.43. The van der Waals surface area contributed by atoms with Crippen molar-refractivity contribution < 1.29 is 19.1 Å². The molecule has 4 nitrogen and oxygen atoms in total. The summed E-state index contributed by atoms with van der Waals surface area (Å²) in [4.78, 5) is 25.4. The number of rotatable bonds is 10. The molecule has 198 valence electrons. The zero-order valence-electron chi connectivity index (χ0n) is 22.6. The summed E-state index contributed by atoms with van der Waals surface area (Å²) in [5.74, 6) is 3.25. The summed E-state index contributed by atoms with van der Waals surface area (Å²) in [6.07, 6.45) is 15.8. The zero-order valence-corrected chi connectivity index (χ0v) is 22.6. The molecule has 0 aliphatic heterocycles. The maximum absolute atomic E-state index is 12.7. The van der Waals surface area contributed by atoms with Crippen molar-refractivity contribution in [2.24, 2.45) is 23.7 Å². The van der Waals surface area contributed by atoms with Crippen molar-refractivity contribution in [3.8, 4) is 0 Å². The minimum Gasteiger partial charge on any atom is -0.367 e. The number of carbonyl (C=O) groups excluding carboxylic acids is 2. The van der Waals surface area contributed by atoms with Gasteiger partial charge in [0.2, 0.25) is 0 Å². The van der Waals surface area contributed by atoms with E-state index in [1.807, 2.05) is 24.3 Å². The first-order chi connectivity index (χ1) is 17.3. The summed E-state index contributed by atoms with van der Waals surface area (Å²) >= 11 is 0. The largest absolute Gasteiger partial charge is 0.367 e. The maximum Gasteiger partial charge on any atom is 0.162 e. The van der Waals surface area contributed by atoms with Crippen molar-refractivity contribution in [3.63, 3.8) is 0 Å². The van der Waals surface area contributed by atoms with Crippen LogP contribution in [0.3, 0.4) is 0 Å². The summed E-state index contributed by atoms with van der Waals surface area (Å²) in [5, 5.41) is 0. The van der Waals surface area contributed by atoms with Gasteiger partial charge in [-0.15, -0.1) is 0 Å². The molecule has 0 saturated heterocycles. The minimum absolute atomic E-state index is 0.133. The maximum atomic E-state index is 12.7. The van der Waals surface area contributed by atoms with E-state index in [2.05, 4.69) is 13.8 Å². The molecule has 5 rings (SSSR count). The third-order valence-electron chi connectivity index (χ3n) is 10.3. The Hall–Kier alpha value is -1.52. The van der Waals surface area contributed by atoms with E-state index in [1.165, 1.54) is 64.2 Å². The van der Waals surface area contributed by atoms with Crippen molar-refractivity contribution in [1.82, 2.24) is 0 Å². The van der Waals surface area contributed by atoms with Crippen LogP contribution in [0.1, 0.15) is 102 Å². The van der Waals surface area contributed by atoms with Gasteiger partial charge in [0.15, 0.2) is 11.6 Å². The summed E-state index contributed by atoms with van der Waals surface area (Å²) in [5.41, 5.74) is 1.71. The molecule has 0 spiro atoms. The molecule has 0 N–H and O–H groups in total. The minimum atomic E-state index is -0.133. The van der Waals surface area contributed by atoms with Crippen molar-refractivity contribution in [2.75, 3.05) is 13.2 Å². The highest BCUT2D eigenvalue weighted by Crippen LogP contribution is 2.48. The second-order valence-corrected chi connectivity index (χ2v) is 13.0. The fraction of sp³-hybridized carbons (Fsp3) is 0.750. The molecule has 4 saturated carbocycles. The Morgan fingerprint density at radius 3 is 1.53 bits per heavy atom. The van der Waals surface area contributed by atoms with E-state index in [4.69, 9.17) is 9.47 Å². The third-order valence-corrected chi connectivity index (χ3v) is 10.3. The number of Topliss-reactive ketones (excluding diaryl/α,β-unsaturated/α-hetero) is 2. The molecule has 4 aliphatic carbocycles. The van der Waals surface area contributed by atoms with Gasteiger partial charge in [-0.3, -0.25) is 9.59 Å². The predicted octanol–water partition coefficient (Wildman–Crippen LogP) is 6.66. The lowest BCUT2D eigenvalue weighted by atomic mass is 9.65. The average molecular weight is 495 g/mol. The Labute approximate surface area is 217 Å². The van der Waals surface area contributed by atoms with Gasteiger partial charge in [-0.05, 0) is 100 Å². The second kappa shape index (κ2) is 11.1. The first-order valence-electron chi connectivity index (χ1n) is 14.7. The molecule has 4 aliphatic rings. The van der Waals surface area contributed by atoms with Crippen LogP contribution < -0.4 is 0 Å². The molecule has 0 amide bonds. The van der Waals surface area contributed by atoms with Crippen molar-refractivity contribution in [2.45, 2.75) is 115 Å². The summed E-state index contributed by atoms with van der Waals surface area (Å²) < 4.78 is 12.5. The van der Waals surface area contributed by atoms with Gasteiger partial charge in [0, 0.05) is 12.8 Å². The van der Waals surface area contributed by atoms with Crippen LogP contribution >= 0.6 is 0 Å². The molecule has 1 aromatic carbocycles. The van der Waals surface area contributed by atoms with E-state index in [0.717, 1.165) is 35.8 Å². The molecule has 0 radical (unpaired) electrons. The quantitative estimate of drug-likeness (QED) is 0.365. The lowest BCUT2D eigenvalue weighted by molar-refractivity contribution is -0.144. The third kappa shape index (κ3) is 6.13. The van der Waals surface area contributed by atoms with Crippen LogP contribution in [0.15, 0.2) is 24.3 Å². The van der Waals surface area contributed by atoms with Gasteiger partial charge in [0.05, 0.1) is 11.2 Å². The standard InChI is InChI=1S/C32H46O4/c1-31(15-13-23-5-3-7-27(31)17-23)35-21-29(33)19-25-9-11-26(12-10-25)20-30(34)22-36-32(2)16-14-24-6-4-8-28(32)18-24/h9-12,23-24,27-28H,3-8,13-22H2,1-2H3/t23-,24-,27-,28-,31+,32+/m0/s1. The molecule has 4 heteroatoms. The Morgan fingerprint density at radius 2 is 1.11 bits per heavy atom. The molecular weight excluding hydrogens is 448 g/mol. The fourth-order valence-electron chi connectivity index (χ4n) is 7.81. The van der Waals surface area contributed by atoms with Gasteiger partial charge in [-0.2, -0.15) is 0 Å². The Morgan fingerprint density at radius 1 is 0.694 bits per heavy atom. The van der Waals surface area contributed by atoms with E-state index in [1.54, 1.807) is 0 Å². The van der Waals surface area contributed by atoms with E-state index < -0.39 is 0 Å². The van der Waals surface area contributed by atoms with Crippen LogP contribution in [0.5, 0.6) is 0 Å². The van der Waals surface area contributed by atoms with Crippen molar-refractivity contribution in [1.29, 1.82) is 0 Å². The number of carbonyl (C=O) groups is 2. The van der Waals surface area contributed by atoms with Crippen LogP contribution in [-0.2, 0) is 31.9 Å². The highest BCUT2D eigenvalue weighted by atomic mass is 16.5. The van der Waals surface area contributed by atoms with Gasteiger partial charge in [0.1, 0.15) is 13.2 Å². The lowest BCUT2D eigenvalue weighted by Gasteiger charge is -2.47. The Bertz CT molecular complexity index is 848. The van der Waals surface area contributed by atoms with E-state index in [9.17, 15) is 9.59 Å². The molecule has 0 heterocycles. The van der Waals surface area contributed by atoms with Crippen LogP contribution in [0, 0.1) is 23.7 Å².